The van der Waals surface area contributed by atoms with Gasteiger partial charge in [-0.1, -0.05) is 137 Å². The van der Waals surface area contributed by atoms with Gasteiger partial charge in [-0.3, -0.25) is 18.1 Å². The van der Waals surface area contributed by atoms with Crippen LogP contribution in [0.3, 0.4) is 0 Å². The van der Waals surface area contributed by atoms with E-state index in [1.54, 1.807) is 0 Å². The van der Waals surface area contributed by atoms with Crippen LogP contribution in [-0.2, 0) is 56.5 Å². The molecule has 4 aromatic carbocycles. The van der Waals surface area contributed by atoms with Crippen LogP contribution in [0.4, 0.5) is 0 Å². The number of hydrogen-bond acceptors (Lipinski definition) is 8. The molecule has 10 heteroatoms. The van der Waals surface area contributed by atoms with E-state index in [1.807, 2.05) is 100 Å². The molecular weight excluding hydrogens is 691 g/mol. The predicted molar refractivity (Wildman–Crippen MR) is 202 cm³/mol. The monoisotopic (exact) mass is 734 g/mol. The summed E-state index contributed by atoms with van der Waals surface area (Å²) in [5.41, 5.74) is 2.90. The Morgan fingerprint density at radius 1 is 0.490 bits per heavy atom. The number of rotatable bonds is 6. The highest BCUT2D eigenvalue weighted by Gasteiger charge is 2.62. The zero-order valence-corrected chi connectivity index (χ0v) is 32.6. The lowest BCUT2D eigenvalue weighted by atomic mass is 9.71. The van der Waals surface area contributed by atoms with Crippen LogP contribution in [0.5, 0.6) is 0 Å². The van der Waals surface area contributed by atoms with Crippen molar-refractivity contribution in [3.05, 3.63) is 131 Å². The lowest BCUT2D eigenvalue weighted by molar-refractivity contribution is -0.188. The van der Waals surface area contributed by atoms with Gasteiger partial charge in [0.15, 0.2) is 0 Å². The van der Waals surface area contributed by atoms with E-state index in [4.69, 9.17) is 50.8 Å². The molecule has 2 fully saturated rings. The van der Waals surface area contributed by atoms with Crippen LogP contribution in [0.1, 0.15) is 89.9 Å². The summed E-state index contributed by atoms with van der Waals surface area (Å²) in [6, 6.07) is 36.2. The summed E-state index contributed by atoms with van der Waals surface area (Å²) in [4.78, 5) is 0. The van der Waals surface area contributed by atoms with Crippen molar-refractivity contribution < 1.29 is 27.1 Å². The third-order valence-electron chi connectivity index (χ3n) is 11.1. The molecular formula is C39H44O6P2S2. The highest BCUT2D eigenvalue weighted by molar-refractivity contribution is 8.08. The second-order valence-electron chi connectivity index (χ2n) is 15.2. The molecule has 0 saturated carbocycles. The molecule has 0 N–H and O–H groups in total. The number of fused-ring (bicyclic) bond motifs is 3. The molecule has 49 heavy (non-hydrogen) atoms. The molecule has 0 aromatic heterocycles. The molecule has 3 aliphatic rings. The largest absolute Gasteiger partial charge is 0.331 e. The smallest absolute Gasteiger partial charge is 0.302 e. The summed E-state index contributed by atoms with van der Waals surface area (Å²) in [5.74, 6) is -1.66. The molecule has 6 nitrogen and oxygen atoms in total. The summed E-state index contributed by atoms with van der Waals surface area (Å²) >= 11 is 12.8. The molecule has 0 amide bonds. The molecule has 0 spiro atoms. The van der Waals surface area contributed by atoms with Crippen LogP contribution in [0.2, 0.25) is 0 Å². The van der Waals surface area contributed by atoms with Crippen LogP contribution in [0.25, 0.3) is 11.1 Å². The third kappa shape index (κ3) is 5.77. The fraction of sp³-hybridized carbons (Fsp3) is 0.385. The van der Waals surface area contributed by atoms with Crippen molar-refractivity contribution in [1.82, 2.24) is 0 Å². The van der Waals surface area contributed by atoms with E-state index in [-0.39, 0.29) is 0 Å². The van der Waals surface area contributed by atoms with Gasteiger partial charge in [-0.25, -0.2) is 0 Å². The highest BCUT2D eigenvalue weighted by atomic mass is 32.5. The average molecular weight is 735 g/mol. The van der Waals surface area contributed by atoms with Crippen molar-refractivity contribution in [3.63, 3.8) is 0 Å². The maximum absolute atomic E-state index is 7.25. The van der Waals surface area contributed by atoms with Gasteiger partial charge in [-0.15, -0.1) is 0 Å². The van der Waals surface area contributed by atoms with Crippen molar-refractivity contribution in [3.8, 4) is 11.1 Å². The quantitative estimate of drug-likeness (QED) is 0.143. The Morgan fingerprint density at radius 2 is 0.816 bits per heavy atom. The molecule has 0 radical (unpaired) electrons. The van der Waals surface area contributed by atoms with Crippen molar-refractivity contribution in [2.45, 2.75) is 84.6 Å². The standard InChI is InChI=1S/C39H44O6P2S2/c1-35(2)33(27-19-11-9-12-20-27)40-46(48,42-37(35,5)6)44-39(31-25-17-15-23-29(31)30-24-16-18-26-32(30)39)45-47(49)41-34(28-21-13-10-14-22-28)36(3,4)38(7,8)43-47/h9-26,33-34H,1-8H3/t33-,34-,46?,47?/m0/s1. The molecule has 4 atom stereocenters. The molecule has 2 unspecified atom stereocenters. The fourth-order valence-corrected chi connectivity index (χ4v) is 13.5. The molecule has 2 saturated heterocycles. The van der Waals surface area contributed by atoms with Gasteiger partial charge < -0.3 is 9.05 Å². The van der Waals surface area contributed by atoms with E-state index in [0.717, 1.165) is 33.4 Å². The number of hydrogen-bond donors (Lipinski definition) is 0. The lowest BCUT2D eigenvalue weighted by Gasteiger charge is -2.55. The molecule has 7 rings (SSSR count). The van der Waals surface area contributed by atoms with E-state index in [9.17, 15) is 0 Å². The zero-order chi connectivity index (χ0) is 35.1. The van der Waals surface area contributed by atoms with Gasteiger partial charge in [0.2, 0.25) is 5.79 Å². The molecule has 2 aliphatic heterocycles. The van der Waals surface area contributed by atoms with Gasteiger partial charge in [0.05, 0.1) is 23.4 Å². The normalized spacial score (nSPS) is 30.2. The third-order valence-corrected chi connectivity index (χ3v) is 15.8. The Hall–Kier alpha value is -2.06. The van der Waals surface area contributed by atoms with Crippen molar-refractivity contribution >= 4 is 37.1 Å². The second-order valence-corrected chi connectivity index (χ2v) is 20.8. The molecule has 0 bridgehead atoms. The van der Waals surface area contributed by atoms with Crippen LogP contribution >= 0.6 is 13.4 Å². The minimum atomic E-state index is -3.62. The van der Waals surface area contributed by atoms with Crippen LogP contribution in [0, 0.1) is 10.8 Å². The molecule has 2 heterocycles. The minimum absolute atomic E-state index is 0.427. The Labute approximate surface area is 301 Å². The Bertz CT molecular complexity index is 1830. The van der Waals surface area contributed by atoms with Gasteiger partial charge >= 0.3 is 13.4 Å². The van der Waals surface area contributed by atoms with Gasteiger partial charge in [0, 0.05) is 22.0 Å². The highest BCUT2D eigenvalue weighted by Crippen LogP contribution is 2.75. The Morgan fingerprint density at radius 3 is 1.18 bits per heavy atom. The summed E-state index contributed by atoms with van der Waals surface area (Å²) in [7, 11) is 0. The topological polar surface area (TPSA) is 55.4 Å². The summed E-state index contributed by atoms with van der Waals surface area (Å²) < 4.78 is 42.0. The maximum atomic E-state index is 7.25. The Balaban J connectivity index is 1.39. The maximum Gasteiger partial charge on any atom is 0.331 e. The van der Waals surface area contributed by atoms with Crippen LogP contribution in [0.15, 0.2) is 109 Å². The first-order valence-corrected chi connectivity index (χ1v) is 21.7. The molecule has 4 aromatic rings. The number of benzene rings is 4. The van der Waals surface area contributed by atoms with Gasteiger partial charge in [0.1, 0.15) is 0 Å². The van der Waals surface area contributed by atoms with Crippen molar-refractivity contribution in [1.29, 1.82) is 0 Å². The predicted octanol–water partition coefficient (Wildman–Crippen LogP) is 11.5. The van der Waals surface area contributed by atoms with E-state index in [0.29, 0.717) is 0 Å². The van der Waals surface area contributed by atoms with E-state index >= 15 is 0 Å². The first-order valence-electron chi connectivity index (χ1n) is 16.6. The molecule has 1 aliphatic carbocycles. The van der Waals surface area contributed by atoms with Gasteiger partial charge in [-0.05, 0) is 73.6 Å². The minimum Gasteiger partial charge on any atom is -0.302 e. The van der Waals surface area contributed by atoms with Gasteiger partial charge in [0.25, 0.3) is 0 Å². The SMILES string of the molecule is CC1(C)OP(=S)(OC2(OP3(=S)O[C@@H](c4ccccc4)C(C)(C)C(C)(C)O3)c3ccccc3-c3ccccc32)O[C@@H](c2ccccc2)C1(C)C. The fourth-order valence-electron chi connectivity index (χ4n) is 6.96. The van der Waals surface area contributed by atoms with Crippen molar-refractivity contribution in [2.24, 2.45) is 10.8 Å². The first-order chi connectivity index (χ1) is 22.9. The second kappa shape index (κ2) is 12.0. The van der Waals surface area contributed by atoms with E-state index < -0.39 is 53.5 Å². The average Bonchev–Trinajstić information content (AvgIpc) is 3.30. The summed E-state index contributed by atoms with van der Waals surface area (Å²) in [5, 5.41) is 0. The van der Waals surface area contributed by atoms with E-state index in [1.165, 1.54) is 0 Å². The van der Waals surface area contributed by atoms with Crippen LogP contribution < -0.4 is 0 Å². The lowest BCUT2D eigenvalue weighted by Crippen LogP contribution is -2.51. The molecule has 258 valence electrons. The Kier molecular flexibility index (Phi) is 8.65. The first kappa shape index (κ1) is 35.3. The van der Waals surface area contributed by atoms with Crippen molar-refractivity contribution in [2.75, 3.05) is 0 Å². The zero-order valence-electron chi connectivity index (χ0n) is 29.2. The summed E-state index contributed by atoms with van der Waals surface area (Å²) in [6.07, 6.45) is -0.854. The van der Waals surface area contributed by atoms with Crippen LogP contribution in [-0.4, -0.2) is 11.2 Å². The van der Waals surface area contributed by atoms with Gasteiger partial charge in [-0.2, -0.15) is 0 Å². The summed E-state index contributed by atoms with van der Waals surface area (Å²) in [6.45, 7) is 9.48. The van der Waals surface area contributed by atoms with E-state index in [2.05, 4.69) is 64.1 Å².